The summed E-state index contributed by atoms with van der Waals surface area (Å²) in [5.41, 5.74) is 4.05. The van der Waals surface area contributed by atoms with Crippen molar-refractivity contribution < 1.29 is 4.79 Å². The van der Waals surface area contributed by atoms with E-state index < -0.39 is 0 Å². The van der Waals surface area contributed by atoms with Crippen molar-refractivity contribution in [2.45, 2.75) is 52.1 Å². The molecule has 0 bridgehead atoms. The Kier molecular flexibility index (Phi) is 4.00. The Hall–Kier alpha value is -2.11. The molecule has 0 N–H and O–H groups in total. The standard InChI is InChI=1S/C17H25N5O/c1-11(2)22-12(3)13(9-19-22)17(23)20(4)15-7-6-8-16-14(15)10-18-21(16)5/h9-11,15H,6-8H2,1-5H3/t15-/m1/s1. The van der Waals surface area contributed by atoms with E-state index in [4.69, 9.17) is 0 Å². The van der Waals surface area contributed by atoms with Crippen molar-refractivity contribution in [3.05, 3.63) is 34.9 Å². The first-order chi connectivity index (χ1) is 10.9. The molecule has 2 aromatic rings. The van der Waals surface area contributed by atoms with Crippen LogP contribution in [0.1, 0.15) is 66.1 Å². The number of rotatable bonds is 3. The molecule has 6 heteroatoms. The Morgan fingerprint density at radius 3 is 2.74 bits per heavy atom. The van der Waals surface area contributed by atoms with E-state index >= 15 is 0 Å². The number of carbonyl (C=O) groups excluding carboxylic acids is 1. The molecule has 6 nitrogen and oxygen atoms in total. The summed E-state index contributed by atoms with van der Waals surface area (Å²) in [5.74, 6) is 0.0381. The molecule has 1 amide bonds. The van der Waals surface area contributed by atoms with Gasteiger partial charge < -0.3 is 4.90 Å². The maximum Gasteiger partial charge on any atom is 0.257 e. The van der Waals surface area contributed by atoms with Gasteiger partial charge in [0, 0.05) is 37.1 Å². The van der Waals surface area contributed by atoms with Crippen molar-refractivity contribution in [2.24, 2.45) is 7.05 Å². The Bertz CT molecular complexity index is 727. The number of nitrogens with zero attached hydrogens (tertiary/aromatic N) is 5. The predicted molar refractivity (Wildman–Crippen MR) is 88.3 cm³/mol. The van der Waals surface area contributed by atoms with Gasteiger partial charge in [-0.15, -0.1) is 0 Å². The van der Waals surface area contributed by atoms with E-state index in [1.165, 1.54) is 11.3 Å². The number of carbonyl (C=O) groups is 1. The van der Waals surface area contributed by atoms with Crippen LogP contribution in [-0.4, -0.2) is 37.4 Å². The van der Waals surface area contributed by atoms with Crippen LogP contribution in [0.25, 0.3) is 0 Å². The number of hydrogen-bond acceptors (Lipinski definition) is 3. The molecule has 0 saturated carbocycles. The molecule has 0 aliphatic heterocycles. The molecule has 0 saturated heterocycles. The maximum atomic E-state index is 13.0. The molecular formula is C17H25N5O. The number of hydrogen-bond donors (Lipinski definition) is 0. The molecule has 0 aromatic carbocycles. The van der Waals surface area contributed by atoms with Gasteiger partial charge in [0.1, 0.15) is 0 Å². The van der Waals surface area contributed by atoms with E-state index in [9.17, 15) is 4.79 Å². The minimum atomic E-state index is 0.0381. The molecule has 0 unspecified atom stereocenters. The Balaban J connectivity index is 1.89. The second kappa shape index (κ2) is 5.83. The summed E-state index contributed by atoms with van der Waals surface area (Å²) in [6.07, 6.45) is 6.71. The third kappa shape index (κ3) is 2.56. The molecular weight excluding hydrogens is 290 g/mol. The van der Waals surface area contributed by atoms with E-state index in [-0.39, 0.29) is 18.0 Å². The van der Waals surface area contributed by atoms with Gasteiger partial charge in [-0.2, -0.15) is 10.2 Å². The molecule has 1 aliphatic carbocycles. The van der Waals surface area contributed by atoms with Crippen molar-refractivity contribution in [3.8, 4) is 0 Å². The third-order valence-electron chi connectivity index (χ3n) is 4.90. The fourth-order valence-electron chi connectivity index (χ4n) is 3.57. The SMILES string of the molecule is Cc1c(C(=O)N(C)[C@@H]2CCCc3c2cnn3C)cnn1C(C)C. The largest absolute Gasteiger partial charge is 0.334 e. The lowest BCUT2D eigenvalue weighted by Crippen LogP contribution is -2.33. The molecule has 0 radical (unpaired) electrons. The zero-order valence-electron chi connectivity index (χ0n) is 14.6. The maximum absolute atomic E-state index is 13.0. The normalized spacial score (nSPS) is 17.4. The highest BCUT2D eigenvalue weighted by Gasteiger charge is 2.30. The first-order valence-corrected chi connectivity index (χ1v) is 8.23. The van der Waals surface area contributed by atoms with Crippen LogP contribution in [0.15, 0.2) is 12.4 Å². The number of aromatic nitrogens is 4. The van der Waals surface area contributed by atoms with Crippen LogP contribution in [0, 0.1) is 6.92 Å². The van der Waals surface area contributed by atoms with E-state index in [1.54, 1.807) is 6.20 Å². The molecule has 2 aromatic heterocycles. The Labute approximate surface area is 137 Å². The summed E-state index contributed by atoms with van der Waals surface area (Å²) in [6.45, 7) is 6.10. The van der Waals surface area contributed by atoms with Crippen LogP contribution in [0.4, 0.5) is 0 Å². The molecule has 2 heterocycles. The van der Waals surface area contributed by atoms with Crippen LogP contribution in [0.3, 0.4) is 0 Å². The number of fused-ring (bicyclic) bond motifs is 1. The molecule has 124 valence electrons. The fourth-order valence-corrected chi connectivity index (χ4v) is 3.57. The van der Waals surface area contributed by atoms with Gasteiger partial charge >= 0.3 is 0 Å². The van der Waals surface area contributed by atoms with E-state index in [0.717, 1.165) is 25.0 Å². The van der Waals surface area contributed by atoms with Gasteiger partial charge in [-0.1, -0.05) is 0 Å². The van der Waals surface area contributed by atoms with Crippen LogP contribution >= 0.6 is 0 Å². The van der Waals surface area contributed by atoms with E-state index in [0.29, 0.717) is 5.56 Å². The van der Waals surface area contributed by atoms with Crippen molar-refractivity contribution in [1.29, 1.82) is 0 Å². The monoisotopic (exact) mass is 315 g/mol. The molecule has 1 atom stereocenters. The summed E-state index contributed by atoms with van der Waals surface area (Å²) < 4.78 is 3.83. The summed E-state index contributed by atoms with van der Waals surface area (Å²) >= 11 is 0. The molecule has 23 heavy (non-hydrogen) atoms. The lowest BCUT2D eigenvalue weighted by atomic mass is 9.91. The highest BCUT2D eigenvalue weighted by atomic mass is 16.2. The average Bonchev–Trinajstić information content (AvgIpc) is 3.09. The lowest BCUT2D eigenvalue weighted by Gasteiger charge is -2.31. The molecule has 0 spiro atoms. The number of aryl methyl sites for hydroxylation is 1. The minimum Gasteiger partial charge on any atom is -0.334 e. The van der Waals surface area contributed by atoms with Gasteiger partial charge in [0.25, 0.3) is 5.91 Å². The summed E-state index contributed by atoms with van der Waals surface area (Å²) in [7, 11) is 3.86. The number of amides is 1. The second-order valence-corrected chi connectivity index (χ2v) is 6.68. The Morgan fingerprint density at radius 2 is 2.09 bits per heavy atom. The van der Waals surface area contributed by atoms with Crippen LogP contribution < -0.4 is 0 Å². The zero-order valence-corrected chi connectivity index (χ0v) is 14.6. The quantitative estimate of drug-likeness (QED) is 0.875. The lowest BCUT2D eigenvalue weighted by molar-refractivity contribution is 0.0713. The van der Waals surface area contributed by atoms with Gasteiger partial charge in [0.15, 0.2) is 0 Å². The van der Waals surface area contributed by atoms with Crippen LogP contribution in [-0.2, 0) is 13.5 Å². The summed E-state index contributed by atoms with van der Waals surface area (Å²) in [5, 5.41) is 8.74. The predicted octanol–water partition coefficient (Wildman–Crippen LogP) is 2.66. The van der Waals surface area contributed by atoms with Gasteiger partial charge in [0.05, 0.1) is 24.0 Å². The van der Waals surface area contributed by atoms with Crippen molar-refractivity contribution in [1.82, 2.24) is 24.5 Å². The van der Waals surface area contributed by atoms with Crippen LogP contribution in [0.2, 0.25) is 0 Å². The molecule has 1 aliphatic rings. The second-order valence-electron chi connectivity index (χ2n) is 6.68. The van der Waals surface area contributed by atoms with Crippen molar-refractivity contribution in [3.63, 3.8) is 0 Å². The first-order valence-electron chi connectivity index (χ1n) is 8.23. The molecule has 3 rings (SSSR count). The highest BCUT2D eigenvalue weighted by Crippen LogP contribution is 2.34. The smallest absolute Gasteiger partial charge is 0.257 e. The highest BCUT2D eigenvalue weighted by molar-refractivity contribution is 5.95. The van der Waals surface area contributed by atoms with Crippen LogP contribution in [0.5, 0.6) is 0 Å². The van der Waals surface area contributed by atoms with Crippen molar-refractivity contribution in [2.75, 3.05) is 7.05 Å². The summed E-state index contributed by atoms with van der Waals surface area (Å²) in [4.78, 5) is 14.8. The van der Waals surface area contributed by atoms with Gasteiger partial charge in [0.2, 0.25) is 0 Å². The van der Waals surface area contributed by atoms with Crippen molar-refractivity contribution >= 4 is 5.91 Å². The topological polar surface area (TPSA) is 56.0 Å². The minimum absolute atomic E-state index is 0.0381. The third-order valence-corrected chi connectivity index (χ3v) is 4.90. The fraction of sp³-hybridized carbons (Fsp3) is 0.588. The van der Waals surface area contributed by atoms with E-state index in [1.807, 2.05) is 41.5 Å². The average molecular weight is 315 g/mol. The first kappa shape index (κ1) is 15.8. The van der Waals surface area contributed by atoms with E-state index in [2.05, 4.69) is 24.0 Å². The van der Waals surface area contributed by atoms with Gasteiger partial charge in [-0.3, -0.25) is 14.2 Å². The molecule has 0 fully saturated rings. The summed E-state index contributed by atoms with van der Waals surface area (Å²) in [6, 6.07) is 0.350. The van der Waals surface area contributed by atoms with Gasteiger partial charge in [-0.25, -0.2) is 0 Å². The Morgan fingerprint density at radius 1 is 1.35 bits per heavy atom. The zero-order chi connectivity index (χ0) is 16.7. The van der Waals surface area contributed by atoms with Gasteiger partial charge in [-0.05, 0) is 40.0 Å².